The topological polar surface area (TPSA) is 38.5 Å². The van der Waals surface area contributed by atoms with Crippen LogP contribution in [0.25, 0.3) is 0 Å². The highest BCUT2D eigenvalue weighted by Gasteiger charge is 2.34. The number of piperidine rings is 1. The molecule has 0 bridgehead atoms. The summed E-state index contributed by atoms with van der Waals surface area (Å²) < 4.78 is 6.04. The molecule has 1 aromatic carbocycles. The average molecular weight is 244 g/mol. The number of terminal acetylenes is 1. The third kappa shape index (κ3) is 2.60. The van der Waals surface area contributed by atoms with E-state index in [1.54, 1.807) is 0 Å². The van der Waals surface area contributed by atoms with Gasteiger partial charge in [-0.1, -0.05) is 12.0 Å². The summed E-state index contributed by atoms with van der Waals surface area (Å²) in [5, 5.41) is 0. The van der Waals surface area contributed by atoms with Crippen molar-refractivity contribution in [1.29, 1.82) is 0 Å². The summed E-state index contributed by atoms with van der Waals surface area (Å²) in [6.45, 7) is 3.92. The summed E-state index contributed by atoms with van der Waals surface area (Å²) in [7, 11) is 2.10. The van der Waals surface area contributed by atoms with Crippen LogP contribution in [0.2, 0.25) is 0 Å². The lowest BCUT2D eigenvalue weighted by Crippen LogP contribution is -2.45. The summed E-state index contributed by atoms with van der Waals surface area (Å²) in [4.78, 5) is 2.26. The molecule has 0 atom stereocenters. The SMILES string of the molecule is C#CC1(Oc2ccc(C)cc2N)CCN(C)CC1. The molecule has 1 saturated heterocycles. The van der Waals surface area contributed by atoms with Crippen molar-refractivity contribution in [3.8, 4) is 18.1 Å². The molecule has 0 radical (unpaired) electrons. The van der Waals surface area contributed by atoms with Crippen molar-refractivity contribution in [1.82, 2.24) is 4.90 Å². The van der Waals surface area contributed by atoms with Gasteiger partial charge in [0.2, 0.25) is 0 Å². The first kappa shape index (κ1) is 12.8. The van der Waals surface area contributed by atoms with Gasteiger partial charge in [-0.2, -0.15) is 0 Å². The van der Waals surface area contributed by atoms with Crippen LogP contribution in [-0.4, -0.2) is 30.6 Å². The maximum atomic E-state index is 6.04. The zero-order valence-corrected chi connectivity index (χ0v) is 11.1. The van der Waals surface area contributed by atoms with E-state index in [0.29, 0.717) is 11.4 Å². The first-order chi connectivity index (χ1) is 8.54. The van der Waals surface area contributed by atoms with Gasteiger partial charge in [-0.3, -0.25) is 0 Å². The number of ether oxygens (including phenoxy) is 1. The zero-order chi connectivity index (χ0) is 13.2. The molecule has 0 amide bonds. The lowest BCUT2D eigenvalue weighted by atomic mass is 9.92. The highest BCUT2D eigenvalue weighted by Crippen LogP contribution is 2.31. The lowest BCUT2D eigenvalue weighted by Gasteiger charge is -2.37. The first-order valence-electron chi connectivity index (χ1n) is 6.26. The van der Waals surface area contributed by atoms with Crippen molar-refractivity contribution in [2.24, 2.45) is 0 Å². The minimum atomic E-state index is -0.504. The van der Waals surface area contributed by atoms with Gasteiger partial charge in [0.25, 0.3) is 0 Å². The molecular formula is C15H20N2O. The Kier molecular flexibility index (Phi) is 3.49. The minimum absolute atomic E-state index is 0.504. The fourth-order valence-electron chi connectivity index (χ4n) is 2.23. The van der Waals surface area contributed by atoms with Gasteiger partial charge < -0.3 is 15.4 Å². The van der Waals surface area contributed by atoms with E-state index >= 15 is 0 Å². The van der Waals surface area contributed by atoms with E-state index in [4.69, 9.17) is 16.9 Å². The van der Waals surface area contributed by atoms with Gasteiger partial charge in [-0.25, -0.2) is 0 Å². The van der Waals surface area contributed by atoms with Crippen LogP contribution in [0.1, 0.15) is 18.4 Å². The average Bonchev–Trinajstić information content (AvgIpc) is 2.36. The maximum absolute atomic E-state index is 6.04. The van der Waals surface area contributed by atoms with Crippen LogP contribution in [0.5, 0.6) is 5.75 Å². The summed E-state index contributed by atoms with van der Waals surface area (Å²) in [5.41, 5.74) is 7.25. The second kappa shape index (κ2) is 4.91. The predicted octanol–water partition coefficient (Wildman–Crippen LogP) is 2.05. The highest BCUT2D eigenvalue weighted by molar-refractivity contribution is 5.54. The van der Waals surface area contributed by atoms with Crippen LogP contribution < -0.4 is 10.5 Å². The molecular weight excluding hydrogens is 224 g/mol. The van der Waals surface area contributed by atoms with Crippen LogP contribution in [0.15, 0.2) is 18.2 Å². The second-order valence-corrected chi connectivity index (χ2v) is 5.09. The van der Waals surface area contributed by atoms with Gasteiger partial charge in [-0.05, 0) is 31.7 Å². The number of benzene rings is 1. The molecule has 96 valence electrons. The standard InChI is InChI=1S/C15H20N2O/c1-4-15(7-9-17(3)10-8-15)18-14-6-5-12(2)11-13(14)16/h1,5-6,11H,7-10,16H2,2-3H3. The molecule has 0 saturated carbocycles. The van der Waals surface area contributed by atoms with Crippen LogP contribution in [0, 0.1) is 19.3 Å². The molecule has 0 aromatic heterocycles. The maximum Gasteiger partial charge on any atom is 0.171 e. The zero-order valence-electron chi connectivity index (χ0n) is 11.1. The smallest absolute Gasteiger partial charge is 0.171 e. The van der Waals surface area contributed by atoms with E-state index in [2.05, 4.69) is 17.9 Å². The van der Waals surface area contributed by atoms with Gasteiger partial charge in [0.1, 0.15) is 5.75 Å². The number of anilines is 1. The molecule has 18 heavy (non-hydrogen) atoms. The van der Waals surface area contributed by atoms with E-state index in [0.717, 1.165) is 31.5 Å². The normalized spacial score (nSPS) is 19.2. The molecule has 3 nitrogen and oxygen atoms in total. The fourth-order valence-corrected chi connectivity index (χ4v) is 2.23. The van der Waals surface area contributed by atoms with Gasteiger partial charge in [0, 0.05) is 25.9 Å². The van der Waals surface area contributed by atoms with Crippen molar-refractivity contribution < 1.29 is 4.74 Å². The van der Waals surface area contributed by atoms with E-state index in [9.17, 15) is 0 Å². The molecule has 1 aliphatic heterocycles. The number of likely N-dealkylation sites (tertiary alicyclic amines) is 1. The number of hydrogen-bond donors (Lipinski definition) is 1. The number of rotatable bonds is 2. The van der Waals surface area contributed by atoms with E-state index < -0.39 is 5.60 Å². The van der Waals surface area contributed by atoms with Crippen molar-refractivity contribution in [2.45, 2.75) is 25.4 Å². The summed E-state index contributed by atoms with van der Waals surface area (Å²) in [6, 6.07) is 5.81. The molecule has 1 fully saturated rings. The Morgan fingerprint density at radius 2 is 2.06 bits per heavy atom. The Hall–Kier alpha value is -1.66. The van der Waals surface area contributed by atoms with Gasteiger partial charge in [0.05, 0.1) is 5.69 Å². The largest absolute Gasteiger partial charge is 0.472 e. The third-order valence-electron chi connectivity index (χ3n) is 3.53. The van der Waals surface area contributed by atoms with E-state index in [-0.39, 0.29) is 0 Å². The van der Waals surface area contributed by atoms with E-state index in [1.165, 1.54) is 0 Å². The first-order valence-corrected chi connectivity index (χ1v) is 6.26. The molecule has 1 aromatic rings. The molecule has 0 spiro atoms. The Morgan fingerprint density at radius 1 is 1.39 bits per heavy atom. The third-order valence-corrected chi connectivity index (χ3v) is 3.53. The number of nitrogens with zero attached hydrogens (tertiary/aromatic N) is 1. The number of nitrogen functional groups attached to an aromatic ring is 1. The van der Waals surface area contributed by atoms with Crippen LogP contribution in [-0.2, 0) is 0 Å². The van der Waals surface area contributed by atoms with Crippen LogP contribution in [0.3, 0.4) is 0 Å². The predicted molar refractivity (Wildman–Crippen MR) is 74.5 cm³/mol. The minimum Gasteiger partial charge on any atom is -0.472 e. The summed E-state index contributed by atoms with van der Waals surface area (Å²) in [5.74, 6) is 3.52. The molecule has 1 heterocycles. The molecule has 2 N–H and O–H groups in total. The number of nitrogens with two attached hydrogens (primary N) is 1. The van der Waals surface area contributed by atoms with Crippen LogP contribution >= 0.6 is 0 Å². The van der Waals surface area contributed by atoms with Crippen molar-refractivity contribution in [3.63, 3.8) is 0 Å². The molecule has 0 aliphatic carbocycles. The Labute approximate surface area is 109 Å². The van der Waals surface area contributed by atoms with Gasteiger partial charge in [-0.15, -0.1) is 6.42 Å². The molecule has 1 aliphatic rings. The molecule has 3 heteroatoms. The Morgan fingerprint density at radius 3 is 2.61 bits per heavy atom. The second-order valence-electron chi connectivity index (χ2n) is 5.09. The summed E-state index contributed by atoms with van der Waals surface area (Å²) in [6.07, 6.45) is 7.36. The monoisotopic (exact) mass is 244 g/mol. The van der Waals surface area contributed by atoms with E-state index in [1.807, 2.05) is 25.1 Å². The lowest BCUT2D eigenvalue weighted by molar-refractivity contribution is 0.0581. The van der Waals surface area contributed by atoms with Crippen LogP contribution in [0.4, 0.5) is 5.69 Å². The highest BCUT2D eigenvalue weighted by atomic mass is 16.5. The van der Waals surface area contributed by atoms with Crippen molar-refractivity contribution >= 4 is 5.69 Å². The van der Waals surface area contributed by atoms with Crippen molar-refractivity contribution in [3.05, 3.63) is 23.8 Å². The van der Waals surface area contributed by atoms with Crippen molar-refractivity contribution in [2.75, 3.05) is 25.9 Å². The van der Waals surface area contributed by atoms with Gasteiger partial charge >= 0.3 is 0 Å². The summed E-state index contributed by atoms with van der Waals surface area (Å²) >= 11 is 0. The number of aryl methyl sites for hydroxylation is 1. The van der Waals surface area contributed by atoms with Gasteiger partial charge in [0.15, 0.2) is 5.60 Å². The molecule has 0 unspecified atom stereocenters. The molecule has 2 rings (SSSR count). The fraction of sp³-hybridized carbons (Fsp3) is 0.467. The Bertz CT molecular complexity index is 468. The Balaban J connectivity index is 2.18. The number of hydrogen-bond acceptors (Lipinski definition) is 3. The quantitative estimate of drug-likeness (QED) is 0.639.